The number of benzene rings is 1. The zero-order chi connectivity index (χ0) is 24.7. The Morgan fingerprint density at radius 2 is 1.88 bits per heavy atom. The van der Waals surface area contributed by atoms with Crippen LogP contribution in [0.25, 0.3) is 0 Å². The van der Waals surface area contributed by atoms with Crippen LogP contribution in [0, 0.1) is 13.8 Å². The van der Waals surface area contributed by atoms with E-state index in [1.807, 2.05) is 0 Å². The summed E-state index contributed by atoms with van der Waals surface area (Å²) in [4.78, 5) is 52.4. The van der Waals surface area contributed by atoms with Crippen LogP contribution in [-0.2, 0) is 20.5 Å². The van der Waals surface area contributed by atoms with Gasteiger partial charge >= 0.3 is 12.1 Å². The summed E-state index contributed by atoms with van der Waals surface area (Å²) in [6.07, 6.45) is -6.10. The fourth-order valence-electron chi connectivity index (χ4n) is 3.64. The van der Waals surface area contributed by atoms with Crippen molar-refractivity contribution < 1.29 is 37.1 Å². The van der Waals surface area contributed by atoms with Gasteiger partial charge in [-0.25, -0.2) is 0 Å². The van der Waals surface area contributed by atoms with E-state index in [1.54, 1.807) is 13.8 Å². The van der Waals surface area contributed by atoms with Crippen molar-refractivity contribution >= 4 is 40.9 Å². The van der Waals surface area contributed by atoms with Gasteiger partial charge in [0.1, 0.15) is 0 Å². The van der Waals surface area contributed by atoms with Gasteiger partial charge in [-0.05, 0) is 51.5 Å². The molecule has 1 aromatic heterocycles. The first-order valence-electron chi connectivity index (χ1n) is 9.92. The normalized spacial score (nSPS) is 16.6. The maximum atomic E-state index is 12.9. The van der Waals surface area contributed by atoms with E-state index in [0.717, 1.165) is 23.9 Å². The van der Waals surface area contributed by atoms with Crippen LogP contribution in [-0.4, -0.2) is 39.8 Å². The van der Waals surface area contributed by atoms with Crippen LogP contribution in [0.4, 0.5) is 18.9 Å². The lowest BCUT2D eigenvalue weighted by molar-refractivity contribution is -0.147. The van der Waals surface area contributed by atoms with Crippen molar-refractivity contribution in [2.45, 2.75) is 56.5 Å². The Balaban J connectivity index is 1.66. The Hall–Kier alpha value is -3.08. The lowest BCUT2D eigenvalue weighted by atomic mass is 10.0. The van der Waals surface area contributed by atoms with Crippen molar-refractivity contribution in [2.75, 3.05) is 5.32 Å². The number of carbonyl (C=O) groups excluding carboxylic acids is 4. The second kappa shape index (κ2) is 9.05. The van der Waals surface area contributed by atoms with E-state index in [-0.39, 0.29) is 23.6 Å². The minimum absolute atomic E-state index is 0.0202. The molecule has 33 heavy (non-hydrogen) atoms. The maximum Gasteiger partial charge on any atom is 0.416 e. The molecule has 0 radical (unpaired) electrons. The van der Waals surface area contributed by atoms with E-state index < -0.39 is 40.8 Å². The first kappa shape index (κ1) is 24.6. The highest BCUT2D eigenvalue weighted by Gasteiger charge is 2.35. The van der Waals surface area contributed by atoms with Gasteiger partial charge in [-0.15, -0.1) is 11.8 Å². The highest BCUT2D eigenvalue weighted by molar-refractivity contribution is 8.01. The van der Waals surface area contributed by atoms with Crippen LogP contribution in [0.5, 0.6) is 0 Å². The monoisotopic (exact) mass is 482 g/mol. The fraction of sp³-hybridized carbons (Fsp3) is 0.364. The number of carbonyl (C=O) groups is 4. The Morgan fingerprint density at radius 3 is 2.45 bits per heavy atom. The number of aromatic amines is 1. The molecule has 2 heterocycles. The number of nitrogens with one attached hydrogen (secondary N) is 2. The van der Waals surface area contributed by atoms with E-state index in [2.05, 4.69) is 10.3 Å². The molecule has 0 aliphatic carbocycles. The molecule has 0 fully saturated rings. The fourth-order valence-corrected chi connectivity index (χ4v) is 4.71. The van der Waals surface area contributed by atoms with E-state index in [1.165, 1.54) is 19.9 Å². The maximum absolute atomic E-state index is 12.9. The average molecular weight is 482 g/mol. The number of ketones is 2. The molecule has 2 N–H and O–H groups in total. The SMILES string of the molecule is CC(=O)c1c(C)[nH]c(C(=O)C(C)OC(=O)CC2Sc3ccc(C(F)(F)F)cc3NC2=O)c1C. The van der Waals surface area contributed by atoms with E-state index in [4.69, 9.17) is 4.74 Å². The van der Waals surface area contributed by atoms with Crippen LogP contribution >= 0.6 is 11.8 Å². The molecule has 11 heteroatoms. The second-order valence-electron chi connectivity index (χ2n) is 7.69. The zero-order valence-electron chi connectivity index (χ0n) is 18.2. The summed E-state index contributed by atoms with van der Waals surface area (Å²) in [6.45, 7) is 6.04. The molecule has 1 aliphatic heterocycles. The zero-order valence-corrected chi connectivity index (χ0v) is 19.0. The number of esters is 1. The molecule has 1 aromatic carbocycles. The molecule has 1 amide bonds. The van der Waals surface area contributed by atoms with E-state index >= 15 is 0 Å². The number of alkyl halides is 3. The number of halogens is 3. The number of Topliss-reactive ketones (excluding diaryl/α,β-unsaturated/α-hetero) is 2. The summed E-state index contributed by atoms with van der Waals surface area (Å²) < 4.78 is 43.8. The van der Waals surface area contributed by atoms with Crippen molar-refractivity contribution in [1.82, 2.24) is 4.98 Å². The number of aryl methyl sites for hydroxylation is 1. The predicted octanol–water partition coefficient (Wildman–Crippen LogP) is 4.47. The summed E-state index contributed by atoms with van der Waals surface area (Å²) in [5.41, 5.74) is 0.688. The summed E-state index contributed by atoms with van der Waals surface area (Å²) in [5, 5.41) is 1.46. The molecule has 176 valence electrons. The smallest absolute Gasteiger partial charge is 0.416 e. The first-order valence-corrected chi connectivity index (χ1v) is 10.8. The number of hydrogen-bond donors (Lipinski definition) is 2. The van der Waals surface area contributed by atoms with Gasteiger partial charge in [0, 0.05) is 16.2 Å². The summed E-state index contributed by atoms with van der Waals surface area (Å²) >= 11 is 0.947. The largest absolute Gasteiger partial charge is 0.454 e. The van der Waals surface area contributed by atoms with Crippen molar-refractivity contribution in [3.05, 3.63) is 46.3 Å². The minimum atomic E-state index is -4.55. The number of rotatable bonds is 6. The number of anilines is 1. The third kappa shape index (κ3) is 5.13. The van der Waals surface area contributed by atoms with Gasteiger partial charge in [-0.3, -0.25) is 19.2 Å². The van der Waals surface area contributed by atoms with Crippen molar-refractivity contribution in [2.24, 2.45) is 0 Å². The molecule has 2 atom stereocenters. The van der Waals surface area contributed by atoms with Gasteiger partial charge in [0.15, 0.2) is 11.9 Å². The molecular formula is C22H21F3N2O5S. The molecule has 2 unspecified atom stereocenters. The third-order valence-electron chi connectivity index (χ3n) is 5.19. The van der Waals surface area contributed by atoms with Crippen LogP contribution in [0.3, 0.4) is 0 Å². The molecule has 0 saturated carbocycles. The van der Waals surface area contributed by atoms with Crippen molar-refractivity contribution in [3.8, 4) is 0 Å². The summed E-state index contributed by atoms with van der Waals surface area (Å²) in [7, 11) is 0. The summed E-state index contributed by atoms with van der Waals surface area (Å²) in [6, 6.07) is 2.97. The average Bonchev–Trinajstić information content (AvgIpc) is 3.00. The number of aromatic nitrogens is 1. The third-order valence-corrected chi connectivity index (χ3v) is 6.47. The number of fused-ring (bicyclic) bond motifs is 1. The molecular weight excluding hydrogens is 461 g/mol. The molecule has 2 aromatic rings. The highest BCUT2D eigenvalue weighted by atomic mass is 32.2. The molecule has 0 bridgehead atoms. The van der Waals surface area contributed by atoms with Crippen LogP contribution in [0.2, 0.25) is 0 Å². The van der Waals surface area contributed by atoms with Gasteiger partial charge < -0.3 is 15.0 Å². The summed E-state index contributed by atoms with van der Waals surface area (Å²) in [5.74, 6) is -2.17. The van der Waals surface area contributed by atoms with Gasteiger partial charge in [-0.2, -0.15) is 13.2 Å². The number of thioether (sulfide) groups is 1. The lowest BCUT2D eigenvalue weighted by Gasteiger charge is -2.24. The first-order chi connectivity index (χ1) is 15.3. The topological polar surface area (TPSA) is 105 Å². The highest BCUT2D eigenvalue weighted by Crippen LogP contribution is 2.40. The predicted molar refractivity (Wildman–Crippen MR) is 114 cm³/mol. The van der Waals surface area contributed by atoms with Crippen molar-refractivity contribution in [3.63, 3.8) is 0 Å². The molecule has 0 spiro atoms. The standard InChI is InChI=1S/C22H21F3N2O5S/c1-9-18(11(3)28)10(2)26-19(9)20(30)12(4)32-17(29)8-16-21(31)27-14-7-13(22(23,24)25)5-6-15(14)33-16/h5-7,12,16,26H,8H2,1-4H3,(H,27,31). The Morgan fingerprint density at radius 1 is 1.21 bits per heavy atom. The second-order valence-corrected chi connectivity index (χ2v) is 8.93. The molecule has 1 aliphatic rings. The number of ether oxygens (including phenoxy) is 1. The van der Waals surface area contributed by atoms with Crippen LogP contribution in [0.15, 0.2) is 23.1 Å². The van der Waals surface area contributed by atoms with Gasteiger partial charge in [0.2, 0.25) is 11.7 Å². The number of H-pyrrole nitrogens is 1. The van der Waals surface area contributed by atoms with Gasteiger partial charge in [-0.1, -0.05) is 0 Å². The van der Waals surface area contributed by atoms with Crippen molar-refractivity contribution in [1.29, 1.82) is 0 Å². The lowest BCUT2D eigenvalue weighted by Crippen LogP contribution is -2.33. The van der Waals surface area contributed by atoms with Gasteiger partial charge in [0.25, 0.3) is 0 Å². The van der Waals surface area contributed by atoms with E-state index in [9.17, 15) is 32.3 Å². The Labute approximate surface area is 191 Å². The Kier molecular flexibility index (Phi) is 6.73. The van der Waals surface area contributed by atoms with Gasteiger partial charge in [0.05, 0.1) is 28.6 Å². The number of hydrogen-bond acceptors (Lipinski definition) is 6. The number of amides is 1. The van der Waals surface area contributed by atoms with Crippen LogP contribution < -0.4 is 5.32 Å². The Bertz CT molecular complexity index is 1160. The molecule has 0 saturated heterocycles. The van der Waals surface area contributed by atoms with Crippen LogP contribution in [0.1, 0.15) is 57.9 Å². The quantitative estimate of drug-likeness (QED) is 0.465. The minimum Gasteiger partial charge on any atom is -0.454 e. The molecule has 3 rings (SSSR count). The molecule has 7 nitrogen and oxygen atoms in total. The van der Waals surface area contributed by atoms with E-state index in [0.29, 0.717) is 21.7 Å².